The molecule has 0 fully saturated rings. The topological polar surface area (TPSA) is 21.7 Å². The molecule has 4 heteroatoms. The van der Waals surface area contributed by atoms with E-state index in [4.69, 9.17) is 9.47 Å². The maximum atomic E-state index is 5.38. The third kappa shape index (κ3) is 2.21. The minimum absolute atomic E-state index is 0.332. The molecular formula is C12H17NO2S. The van der Waals surface area contributed by atoms with Crippen LogP contribution < -0.4 is 14.4 Å². The number of rotatable bonds is 4. The fourth-order valence-corrected chi connectivity index (χ4v) is 2.01. The lowest BCUT2D eigenvalue weighted by molar-refractivity contribution is 0.174. The van der Waals surface area contributed by atoms with Gasteiger partial charge in [-0.15, -0.1) is 0 Å². The summed E-state index contributed by atoms with van der Waals surface area (Å²) in [6.07, 6.45) is 1.08. The number of thiol groups is 1. The second-order valence-electron chi connectivity index (χ2n) is 3.99. The van der Waals surface area contributed by atoms with Crippen molar-refractivity contribution in [1.82, 2.24) is 0 Å². The Bertz CT molecular complexity index is 382. The van der Waals surface area contributed by atoms with Crippen LogP contribution in [-0.4, -0.2) is 26.1 Å². The molecular weight excluding hydrogens is 222 g/mol. The van der Waals surface area contributed by atoms with Crippen molar-refractivity contribution in [2.24, 2.45) is 0 Å². The molecule has 0 atom stereocenters. The van der Waals surface area contributed by atoms with Crippen molar-refractivity contribution >= 4 is 18.3 Å². The van der Waals surface area contributed by atoms with E-state index in [0.717, 1.165) is 30.2 Å². The highest BCUT2D eigenvalue weighted by Gasteiger charge is 2.16. The number of benzene rings is 1. The van der Waals surface area contributed by atoms with Gasteiger partial charge in [0.05, 0.1) is 0 Å². The smallest absolute Gasteiger partial charge is 0.231 e. The SMILES string of the molecule is Cc1cc2c(cc1N(C)CCCS)OCO2. The van der Waals surface area contributed by atoms with E-state index in [9.17, 15) is 0 Å². The lowest BCUT2D eigenvalue weighted by Gasteiger charge is -2.21. The molecule has 0 unspecified atom stereocenters. The van der Waals surface area contributed by atoms with E-state index in [-0.39, 0.29) is 0 Å². The van der Waals surface area contributed by atoms with Gasteiger partial charge in [-0.05, 0) is 30.7 Å². The van der Waals surface area contributed by atoms with Crippen LogP contribution in [0.1, 0.15) is 12.0 Å². The molecule has 0 radical (unpaired) electrons. The second-order valence-corrected chi connectivity index (χ2v) is 4.44. The van der Waals surface area contributed by atoms with Gasteiger partial charge in [0.25, 0.3) is 0 Å². The van der Waals surface area contributed by atoms with Crippen LogP contribution in [0.3, 0.4) is 0 Å². The van der Waals surface area contributed by atoms with Crippen molar-refractivity contribution in [3.8, 4) is 11.5 Å². The molecule has 0 spiro atoms. The van der Waals surface area contributed by atoms with Gasteiger partial charge in [0.2, 0.25) is 6.79 Å². The monoisotopic (exact) mass is 239 g/mol. The van der Waals surface area contributed by atoms with Crippen molar-refractivity contribution in [3.05, 3.63) is 17.7 Å². The van der Waals surface area contributed by atoms with Gasteiger partial charge in [-0.1, -0.05) is 0 Å². The zero-order chi connectivity index (χ0) is 11.5. The molecule has 0 bridgehead atoms. The molecule has 1 heterocycles. The highest BCUT2D eigenvalue weighted by atomic mass is 32.1. The molecule has 0 saturated carbocycles. The quantitative estimate of drug-likeness (QED) is 0.816. The zero-order valence-electron chi connectivity index (χ0n) is 9.69. The Labute approximate surface area is 102 Å². The van der Waals surface area contributed by atoms with Crippen LogP contribution in [0.2, 0.25) is 0 Å². The van der Waals surface area contributed by atoms with Gasteiger partial charge in [-0.2, -0.15) is 12.6 Å². The van der Waals surface area contributed by atoms with Crippen LogP contribution in [0.4, 0.5) is 5.69 Å². The van der Waals surface area contributed by atoms with E-state index in [2.05, 4.69) is 37.6 Å². The number of aryl methyl sites for hydroxylation is 1. The maximum Gasteiger partial charge on any atom is 0.231 e. The van der Waals surface area contributed by atoms with Gasteiger partial charge in [-0.3, -0.25) is 0 Å². The van der Waals surface area contributed by atoms with E-state index >= 15 is 0 Å². The molecule has 1 aliphatic heterocycles. The van der Waals surface area contributed by atoms with Crippen molar-refractivity contribution < 1.29 is 9.47 Å². The predicted molar refractivity (Wildman–Crippen MR) is 69.0 cm³/mol. The summed E-state index contributed by atoms with van der Waals surface area (Å²) in [5.41, 5.74) is 2.41. The summed E-state index contributed by atoms with van der Waals surface area (Å²) in [7, 11) is 2.09. The number of fused-ring (bicyclic) bond motifs is 1. The van der Waals surface area contributed by atoms with Crippen LogP contribution in [-0.2, 0) is 0 Å². The van der Waals surface area contributed by atoms with Crippen LogP contribution >= 0.6 is 12.6 Å². The Kier molecular flexibility index (Phi) is 3.49. The molecule has 1 aliphatic rings. The van der Waals surface area contributed by atoms with E-state index in [0.29, 0.717) is 6.79 Å². The van der Waals surface area contributed by atoms with Crippen LogP contribution in [0.5, 0.6) is 11.5 Å². The van der Waals surface area contributed by atoms with E-state index in [1.165, 1.54) is 11.3 Å². The highest BCUT2D eigenvalue weighted by Crippen LogP contribution is 2.37. The lowest BCUT2D eigenvalue weighted by atomic mass is 10.1. The van der Waals surface area contributed by atoms with Crippen molar-refractivity contribution in [3.63, 3.8) is 0 Å². The van der Waals surface area contributed by atoms with Gasteiger partial charge in [-0.25, -0.2) is 0 Å². The maximum absolute atomic E-state index is 5.38. The summed E-state index contributed by atoms with van der Waals surface area (Å²) in [5.74, 6) is 2.61. The number of ether oxygens (including phenoxy) is 2. The molecule has 88 valence electrons. The Morgan fingerprint density at radius 1 is 1.31 bits per heavy atom. The molecule has 1 aromatic rings. The number of nitrogens with zero attached hydrogens (tertiary/aromatic N) is 1. The molecule has 0 amide bonds. The molecule has 0 saturated heterocycles. The third-order valence-electron chi connectivity index (χ3n) is 2.75. The fourth-order valence-electron chi connectivity index (χ4n) is 1.87. The Morgan fingerprint density at radius 3 is 2.69 bits per heavy atom. The fraction of sp³-hybridized carbons (Fsp3) is 0.500. The van der Waals surface area contributed by atoms with Crippen LogP contribution in [0.25, 0.3) is 0 Å². The van der Waals surface area contributed by atoms with Crippen molar-refractivity contribution in [2.75, 3.05) is 31.0 Å². The first kappa shape index (κ1) is 11.5. The summed E-state index contributed by atoms with van der Waals surface area (Å²) in [5, 5.41) is 0. The Hall–Kier alpha value is -1.03. The molecule has 0 aromatic heterocycles. The van der Waals surface area contributed by atoms with E-state index in [1.807, 2.05) is 6.07 Å². The third-order valence-corrected chi connectivity index (χ3v) is 3.07. The van der Waals surface area contributed by atoms with E-state index in [1.54, 1.807) is 0 Å². The average Bonchev–Trinajstić information content (AvgIpc) is 2.71. The zero-order valence-corrected chi connectivity index (χ0v) is 10.6. The summed E-state index contributed by atoms with van der Waals surface area (Å²) in [6.45, 7) is 3.43. The molecule has 0 N–H and O–H groups in total. The first-order chi connectivity index (χ1) is 7.72. The van der Waals surface area contributed by atoms with Gasteiger partial charge in [0.15, 0.2) is 11.5 Å². The summed E-state index contributed by atoms with van der Waals surface area (Å²) >= 11 is 4.23. The minimum Gasteiger partial charge on any atom is -0.454 e. The van der Waals surface area contributed by atoms with Gasteiger partial charge >= 0.3 is 0 Å². The average molecular weight is 239 g/mol. The number of hydrogen-bond acceptors (Lipinski definition) is 4. The lowest BCUT2D eigenvalue weighted by Crippen LogP contribution is -2.19. The second kappa shape index (κ2) is 4.87. The standard InChI is InChI=1S/C12H17NO2S/c1-9-6-11-12(15-8-14-11)7-10(9)13(2)4-3-5-16/h6-7,16H,3-5,8H2,1-2H3. The highest BCUT2D eigenvalue weighted by molar-refractivity contribution is 7.80. The van der Waals surface area contributed by atoms with Gasteiger partial charge < -0.3 is 14.4 Å². The largest absolute Gasteiger partial charge is 0.454 e. The van der Waals surface area contributed by atoms with Crippen molar-refractivity contribution in [2.45, 2.75) is 13.3 Å². The minimum atomic E-state index is 0.332. The van der Waals surface area contributed by atoms with Crippen LogP contribution in [0, 0.1) is 6.92 Å². The Morgan fingerprint density at radius 2 is 2.00 bits per heavy atom. The number of hydrogen-bond donors (Lipinski definition) is 1. The molecule has 1 aromatic carbocycles. The van der Waals surface area contributed by atoms with E-state index < -0.39 is 0 Å². The summed E-state index contributed by atoms with van der Waals surface area (Å²) in [4.78, 5) is 2.23. The Balaban J connectivity index is 2.20. The van der Waals surface area contributed by atoms with Crippen LogP contribution in [0.15, 0.2) is 12.1 Å². The molecule has 16 heavy (non-hydrogen) atoms. The first-order valence-corrected chi connectivity index (χ1v) is 6.08. The summed E-state index contributed by atoms with van der Waals surface area (Å²) < 4.78 is 10.7. The van der Waals surface area contributed by atoms with Crippen molar-refractivity contribution in [1.29, 1.82) is 0 Å². The first-order valence-electron chi connectivity index (χ1n) is 5.44. The number of anilines is 1. The molecule has 2 rings (SSSR count). The molecule has 0 aliphatic carbocycles. The van der Waals surface area contributed by atoms with Gasteiger partial charge in [0.1, 0.15) is 0 Å². The predicted octanol–water partition coefficient (Wildman–Crippen LogP) is 2.48. The summed E-state index contributed by atoms with van der Waals surface area (Å²) in [6, 6.07) is 4.09. The normalized spacial score (nSPS) is 12.9. The van der Waals surface area contributed by atoms with Gasteiger partial charge in [0, 0.05) is 25.3 Å². The molecule has 3 nitrogen and oxygen atoms in total.